The fourth-order valence-electron chi connectivity index (χ4n) is 4.31. The predicted octanol–water partition coefficient (Wildman–Crippen LogP) is 6.29. The molecule has 0 bridgehead atoms. The smallest absolute Gasteiger partial charge is 0.410 e. The van der Waals surface area contributed by atoms with Crippen molar-refractivity contribution in [1.82, 2.24) is 15.2 Å². The van der Waals surface area contributed by atoms with Crippen LogP contribution in [0, 0.1) is 5.92 Å². The summed E-state index contributed by atoms with van der Waals surface area (Å²) < 4.78 is 11.0. The van der Waals surface area contributed by atoms with Gasteiger partial charge >= 0.3 is 12.1 Å². The number of piperidine rings is 2. The molecule has 10 nitrogen and oxygen atoms in total. The summed E-state index contributed by atoms with van der Waals surface area (Å²) in [5.41, 5.74) is 6.82. The molecule has 1 aromatic heterocycles. The number of carbonyl (C=O) groups is 2. The van der Waals surface area contributed by atoms with Crippen LogP contribution in [0.3, 0.4) is 0 Å². The normalized spacial score (nSPS) is 15.9. The number of aromatic nitrogens is 1. The number of halogens is 2. The summed E-state index contributed by atoms with van der Waals surface area (Å²) in [5, 5.41) is 22.2. The van der Waals surface area contributed by atoms with Crippen molar-refractivity contribution < 1.29 is 47.5 Å². The van der Waals surface area contributed by atoms with Crippen LogP contribution >= 0.6 is 23.2 Å². The monoisotopic (exact) mass is 659 g/mol. The number of phenolic OH excluding ortho intramolecular Hbond substituents is 1. The molecule has 2 aliphatic rings. The van der Waals surface area contributed by atoms with Gasteiger partial charge in [0, 0.05) is 59.7 Å². The largest absolute Gasteiger partial charge is 0.506 e. The molecule has 2 saturated heterocycles. The van der Waals surface area contributed by atoms with Crippen molar-refractivity contribution in [2.75, 3.05) is 31.9 Å². The number of nitrogens with one attached hydrogen (secondary N) is 1. The number of fused-ring (bicyclic) bond motifs is 1. The molecule has 0 unspecified atom stereocenters. The maximum Gasteiger partial charge on any atom is 0.410 e. The zero-order valence-corrected chi connectivity index (χ0v) is 26.9. The number of oxazole rings is 1. The average molecular weight is 660 g/mol. The van der Waals surface area contributed by atoms with E-state index in [1.165, 1.54) is 6.07 Å². The maximum atomic E-state index is 11.6. The van der Waals surface area contributed by atoms with Gasteiger partial charge in [-0.2, -0.15) is 0 Å². The predicted molar refractivity (Wildman–Crippen MR) is 160 cm³/mol. The van der Waals surface area contributed by atoms with Gasteiger partial charge in [0.2, 0.25) is 0 Å². The first-order valence-corrected chi connectivity index (χ1v) is 14.3. The number of carbonyl (C=O) groups excluding carboxylic acids is 1. The Labute approximate surface area is 267 Å². The molecule has 3 aromatic rings. The molecule has 2 aromatic carbocycles. The summed E-state index contributed by atoms with van der Waals surface area (Å²) in [6.45, 7) is 8.46. The van der Waals surface area contributed by atoms with E-state index in [-0.39, 0.29) is 36.3 Å². The first kappa shape index (κ1) is 35.6. The van der Waals surface area contributed by atoms with E-state index in [2.05, 4.69) is 10.3 Å². The topological polar surface area (TPSA) is 151 Å². The molecule has 0 spiro atoms. The molecule has 2 aliphatic heterocycles. The van der Waals surface area contributed by atoms with Crippen molar-refractivity contribution in [3.05, 3.63) is 52.3 Å². The molecule has 0 saturated carbocycles. The van der Waals surface area contributed by atoms with Gasteiger partial charge in [-0.05, 0) is 83.8 Å². The second-order valence-corrected chi connectivity index (χ2v) is 11.8. The minimum Gasteiger partial charge on any atom is -0.506 e. The Morgan fingerprint density at radius 3 is 2.19 bits per heavy atom. The van der Waals surface area contributed by atoms with Crippen molar-refractivity contribution in [3.63, 3.8) is 0 Å². The van der Waals surface area contributed by atoms with Crippen LogP contribution in [-0.4, -0.2) is 63.9 Å². The number of carboxylic acid groups (broad SMARTS) is 1. The second-order valence-electron chi connectivity index (χ2n) is 11.0. The molecular weight excluding hydrogens is 622 g/mol. The molecule has 1 amide bonds. The van der Waals surface area contributed by atoms with Crippen LogP contribution in [0.15, 0.2) is 40.8 Å². The quantitative estimate of drug-likeness (QED) is 0.184. The van der Waals surface area contributed by atoms with Gasteiger partial charge in [-0.15, -0.1) is 0 Å². The van der Waals surface area contributed by atoms with Crippen molar-refractivity contribution >= 4 is 52.1 Å². The van der Waals surface area contributed by atoms with Crippen LogP contribution in [0.4, 0.5) is 10.5 Å². The van der Waals surface area contributed by atoms with E-state index in [1.807, 2.05) is 39.0 Å². The van der Waals surface area contributed by atoms with Gasteiger partial charge in [-0.25, -0.2) is 9.78 Å². The second kappa shape index (κ2) is 16.3. The number of hydrogen-bond acceptors (Lipinski definition) is 8. The van der Waals surface area contributed by atoms with Crippen molar-refractivity contribution in [1.29, 1.82) is 0 Å². The van der Waals surface area contributed by atoms with Crippen LogP contribution < -0.4 is 11.1 Å². The molecule has 0 aliphatic carbocycles. The standard InChI is InChI=1S/C12H13ClN2O.C11H19NO4.C6H6ClNO.V/c13-9-1-2-10-11(7-9)16-12(15-10)8-3-5-14-6-4-8;1-11(2,3)16-10(15)12-6-4-8(5-7-12)9(13)14;7-4-1-2-5(8)6(9)3-4;/h1-2,7-8,14H,3-6H2;8H,4-7H2,1-3H3,(H,13,14);1-3,9H,8H2;. The van der Waals surface area contributed by atoms with E-state index in [9.17, 15) is 9.59 Å². The average Bonchev–Trinajstić information content (AvgIpc) is 3.35. The molecule has 3 heterocycles. The zero-order valence-electron chi connectivity index (χ0n) is 24.0. The maximum absolute atomic E-state index is 11.6. The van der Waals surface area contributed by atoms with Crippen LogP contribution in [0.5, 0.6) is 5.75 Å². The Morgan fingerprint density at radius 1 is 1.05 bits per heavy atom. The number of hydrogen-bond donors (Lipinski definition) is 4. The molecule has 5 N–H and O–H groups in total. The van der Waals surface area contributed by atoms with Gasteiger partial charge in [0.05, 0.1) is 11.6 Å². The Kier molecular flexibility index (Phi) is 13.8. The molecular formula is C29H38Cl2N4O6V. The molecule has 1 radical (unpaired) electrons. The van der Waals surface area contributed by atoms with E-state index in [0.29, 0.717) is 47.6 Å². The van der Waals surface area contributed by atoms with Crippen LogP contribution in [0.2, 0.25) is 10.0 Å². The number of likely N-dealkylation sites (tertiary alicyclic amines) is 1. The Bertz CT molecular complexity index is 1320. The Morgan fingerprint density at radius 2 is 1.64 bits per heavy atom. The third-order valence-electron chi connectivity index (χ3n) is 6.54. The molecule has 5 rings (SSSR count). The van der Waals surface area contributed by atoms with Gasteiger partial charge in [0.1, 0.15) is 16.9 Å². The van der Waals surface area contributed by atoms with Crippen LogP contribution in [0.25, 0.3) is 11.1 Å². The van der Waals surface area contributed by atoms with Crippen molar-refractivity contribution in [2.24, 2.45) is 5.92 Å². The van der Waals surface area contributed by atoms with Gasteiger partial charge in [0.15, 0.2) is 11.5 Å². The first-order valence-electron chi connectivity index (χ1n) is 13.5. The van der Waals surface area contributed by atoms with E-state index < -0.39 is 11.6 Å². The number of anilines is 1. The molecule has 229 valence electrons. The third-order valence-corrected chi connectivity index (χ3v) is 7.01. The van der Waals surface area contributed by atoms with Crippen LogP contribution in [-0.2, 0) is 28.1 Å². The van der Waals surface area contributed by atoms with E-state index in [1.54, 1.807) is 17.0 Å². The molecule has 13 heteroatoms. The summed E-state index contributed by atoms with van der Waals surface area (Å²) in [4.78, 5) is 28.5. The third kappa shape index (κ3) is 11.2. The molecule has 42 heavy (non-hydrogen) atoms. The van der Waals surface area contributed by atoms with E-state index in [4.69, 9.17) is 48.3 Å². The van der Waals surface area contributed by atoms with E-state index in [0.717, 1.165) is 42.9 Å². The number of aromatic hydroxyl groups is 1. The SMILES string of the molecule is CC(C)(C)OC(=O)N1CCC(C(=O)O)CC1.Clc1ccc2nc(C3CCNCC3)oc2c1.Nc1ccc(Cl)cc1O.[V]. The Hall–Kier alpha value is -2.63. The van der Waals surface area contributed by atoms with E-state index >= 15 is 0 Å². The number of nitrogens with two attached hydrogens (primary N) is 1. The number of benzene rings is 2. The minimum atomic E-state index is -0.774. The van der Waals surface area contributed by atoms with Crippen molar-refractivity contribution in [2.45, 2.75) is 58.0 Å². The van der Waals surface area contributed by atoms with Crippen LogP contribution in [0.1, 0.15) is 58.3 Å². The zero-order chi connectivity index (χ0) is 30.2. The van der Waals surface area contributed by atoms with Gasteiger partial charge in [-0.3, -0.25) is 4.79 Å². The number of nitrogen functional groups attached to an aromatic ring is 1. The number of aliphatic carboxylic acids is 1. The number of phenols is 1. The number of nitrogens with zero attached hydrogens (tertiary/aromatic N) is 2. The van der Waals surface area contributed by atoms with Crippen molar-refractivity contribution in [3.8, 4) is 5.75 Å². The fourth-order valence-corrected chi connectivity index (χ4v) is 4.64. The summed E-state index contributed by atoms with van der Waals surface area (Å²) in [6.07, 6.45) is 2.86. The molecule has 2 fully saturated rings. The minimum absolute atomic E-state index is 0. The Balaban J connectivity index is 0.000000227. The summed E-state index contributed by atoms with van der Waals surface area (Å²) >= 11 is 11.4. The van der Waals surface area contributed by atoms with Gasteiger partial charge in [0.25, 0.3) is 0 Å². The first-order chi connectivity index (χ1) is 19.3. The van der Waals surface area contributed by atoms with Gasteiger partial charge in [-0.1, -0.05) is 23.2 Å². The summed E-state index contributed by atoms with van der Waals surface area (Å²) in [6, 6.07) is 10.2. The number of carboxylic acids is 1. The number of rotatable bonds is 2. The fraction of sp³-hybridized carbons (Fsp3) is 0.483. The van der Waals surface area contributed by atoms with Gasteiger partial charge < -0.3 is 35.3 Å². The number of ether oxygens (including phenoxy) is 1. The number of amides is 1. The summed E-state index contributed by atoms with van der Waals surface area (Å²) in [7, 11) is 0. The summed E-state index contributed by atoms with van der Waals surface area (Å²) in [5.74, 6) is 0.246. The molecule has 0 atom stereocenters.